The van der Waals surface area contributed by atoms with E-state index in [4.69, 9.17) is 0 Å². The summed E-state index contributed by atoms with van der Waals surface area (Å²) in [4.78, 5) is 0. The van der Waals surface area contributed by atoms with Crippen molar-refractivity contribution in [2.24, 2.45) is 5.41 Å². The van der Waals surface area contributed by atoms with Gasteiger partial charge in [-0.1, -0.05) is 35.0 Å². The fraction of sp³-hybridized carbons (Fsp3) is 0.538. The molecule has 1 N–H and O–H groups in total. The molecule has 0 spiro atoms. The van der Waals surface area contributed by atoms with Crippen molar-refractivity contribution < 1.29 is 0 Å². The molecule has 16 heavy (non-hydrogen) atoms. The third-order valence-corrected chi connectivity index (χ3v) is 3.92. The van der Waals surface area contributed by atoms with Gasteiger partial charge in [-0.05, 0) is 42.4 Å². The molecule has 1 aromatic rings. The molecule has 0 atom stereocenters. The Morgan fingerprint density at radius 2 is 2.12 bits per heavy atom. The lowest BCUT2D eigenvalue weighted by Crippen LogP contribution is -2.23. The zero-order chi connectivity index (χ0) is 10.7. The minimum atomic E-state index is 0. The Labute approximate surface area is 113 Å². The lowest BCUT2D eigenvalue weighted by atomic mass is 10.0. The van der Waals surface area contributed by atoms with E-state index in [9.17, 15) is 0 Å². The van der Waals surface area contributed by atoms with Crippen LogP contribution < -0.4 is 5.32 Å². The highest BCUT2D eigenvalue weighted by Crippen LogP contribution is 2.47. The molecular weight excluding hydrogens is 286 g/mol. The molecule has 1 aliphatic carbocycles. The quantitative estimate of drug-likeness (QED) is 0.861. The predicted molar refractivity (Wildman–Crippen MR) is 75.1 cm³/mol. The van der Waals surface area contributed by atoms with Gasteiger partial charge in [-0.25, -0.2) is 0 Å². The topological polar surface area (TPSA) is 12.0 Å². The van der Waals surface area contributed by atoms with Gasteiger partial charge in [0.1, 0.15) is 0 Å². The first kappa shape index (κ1) is 14.0. The first-order valence-corrected chi connectivity index (χ1v) is 6.49. The smallest absolute Gasteiger partial charge is 0.0206 e. The van der Waals surface area contributed by atoms with Gasteiger partial charge in [-0.15, -0.1) is 12.4 Å². The Kier molecular flexibility index (Phi) is 5.29. The second-order valence-electron chi connectivity index (χ2n) is 4.59. The first-order valence-electron chi connectivity index (χ1n) is 5.69. The van der Waals surface area contributed by atoms with Crippen molar-refractivity contribution >= 4 is 28.3 Å². The fourth-order valence-electron chi connectivity index (χ4n) is 1.95. The predicted octanol–water partition coefficient (Wildman–Crippen LogP) is 4.15. The second-order valence-corrected chi connectivity index (χ2v) is 5.50. The second kappa shape index (κ2) is 6.04. The summed E-state index contributed by atoms with van der Waals surface area (Å²) >= 11 is 3.49. The van der Waals surface area contributed by atoms with E-state index in [-0.39, 0.29) is 12.4 Å². The summed E-state index contributed by atoms with van der Waals surface area (Å²) < 4.78 is 1.17. The van der Waals surface area contributed by atoms with Gasteiger partial charge in [0.25, 0.3) is 0 Å². The van der Waals surface area contributed by atoms with E-state index in [1.165, 1.54) is 35.8 Å². The van der Waals surface area contributed by atoms with E-state index in [2.05, 4.69) is 52.4 Å². The highest BCUT2D eigenvalue weighted by Gasteiger charge is 2.39. The largest absolute Gasteiger partial charge is 0.312 e. The minimum absolute atomic E-state index is 0. The molecule has 1 nitrogen and oxygen atoms in total. The molecule has 1 aromatic carbocycles. The molecule has 0 saturated heterocycles. The van der Waals surface area contributed by atoms with Crippen LogP contribution in [0.15, 0.2) is 28.7 Å². The number of rotatable bonds is 5. The van der Waals surface area contributed by atoms with E-state index in [0.29, 0.717) is 5.41 Å². The van der Waals surface area contributed by atoms with Gasteiger partial charge in [0.2, 0.25) is 0 Å². The minimum Gasteiger partial charge on any atom is -0.312 e. The number of halogens is 2. The molecule has 0 unspecified atom stereocenters. The zero-order valence-corrected chi connectivity index (χ0v) is 12.0. The van der Waals surface area contributed by atoms with Crippen LogP contribution >= 0.6 is 28.3 Å². The zero-order valence-electron chi connectivity index (χ0n) is 9.63. The molecule has 0 amide bonds. The number of hydrogen-bond acceptors (Lipinski definition) is 1. The van der Waals surface area contributed by atoms with Crippen LogP contribution in [0.4, 0.5) is 0 Å². The van der Waals surface area contributed by atoms with E-state index >= 15 is 0 Å². The molecule has 90 valence electrons. The van der Waals surface area contributed by atoms with E-state index < -0.39 is 0 Å². The highest BCUT2D eigenvalue weighted by atomic mass is 79.9. The molecule has 1 aliphatic rings. The van der Waals surface area contributed by atoms with Crippen LogP contribution in [0.2, 0.25) is 0 Å². The number of hydrogen-bond donors (Lipinski definition) is 1. The summed E-state index contributed by atoms with van der Waals surface area (Å²) in [5, 5.41) is 3.56. The van der Waals surface area contributed by atoms with Crippen molar-refractivity contribution in [3.63, 3.8) is 0 Å². The molecule has 1 saturated carbocycles. The van der Waals surface area contributed by atoms with Crippen LogP contribution in [0.1, 0.15) is 31.7 Å². The van der Waals surface area contributed by atoms with E-state index in [1.54, 1.807) is 0 Å². The summed E-state index contributed by atoms with van der Waals surface area (Å²) in [5.41, 5.74) is 2.00. The van der Waals surface area contributed by atoms with Crippen LogP contribution in [0, 0.1) is 5.41 Å². The molecule has 0 heterocycles. The molecule has 3 heteroatoms. The maximum absolute atomic E-state index is 3.56. The van der Waals surface area contributed by atoms with Crippen molar-refractivity contribution in [3.05, 3.63) is 34.3 Å². The summed E-state index contributed by atoms with van der Waals surface area (Å²) in [7, 11) is 0. The normalized spacial score (nSPS) is 16.6. The maximum atomic E-state index is 3.56. The molecular formula is C13H19BrClN. The van der Waals surface area contributed by atoms with E-state index in [1.807, 2.05) is 0 Å². The monoisotopic (exact) mass is 303 g/mol. The summed E-state index contributed by atoms with van der Waals surface area (Å²) in [6, 6.07) is 8.51. The van der Waals surface area contributed by atoms with Gasteiger partial charge < -0.3 is 5.32 Å². The summed E-state index contributed by atoms with van der Waals surface area (Å²) in [6.45, 7) is 4.46. The molecule has 0 aliphatic heterocycles. The van der Waals surface area contributed by atoms with Crippen molar-refractivity contribution in [1.29, 1.82) is 0 Å². The van der Waals surface area contributed by atoms with Crippen LogP contribution in [0.3, 0.4) is 0 Å². The summed E-state index contributed by atoms with van der Waals surface area (Å²) in [5.74, 6) is 0. The lowest BCUT2D eigenvalue weighted by molar-refractivity contribution is 0.443. The molecule has 0 aromatic heterocycles. The van der Waals surface area contributed by atoms with Crippen LogP contribution in [0.5, 0.6) is 0 Å². The van der Waals surface area contributed by atoms with Crippen LogP contribution in [-0.4, -0.2) is 6.54 Å². The van der Waals surface area contributed by atoms with Crippen molar-refractivity contribution in [2.45, 2.75) is 32.7 Å². The Hall–Kier alpha value is -0.0500. The third kappa shape index (κ3) is 3.76. The standard InChI is InChI=1S/C13H18BrN.ClH/c1-2-13(6-7-13)10-15-9-11-4-3-5-12(14)8-11;/h3-5,8,15H,2,6-7,9-10H2,1H3;1H. The van der Waals surface area contributed by atoms with Gasteiger partial charge in [-0.2, -0.15) is 0 Å². The molecule has 0 radical (unpaired) electrons. The van der Waals surface area contributed by atoms with Crippen LogP contribution in [0.25, 0.3) is 0 Å². The SMILES string of the molecule is CCC1(CNCc2cccc(Br)c2)CC1.Cl. The van der Waals surface area contributed by atoms with E-state index in [0.717, 1.165) is 6.54 Å². The average molecular weight is 305 g/mol. The lowest BCUT2D eigenvalue weighted by Gasteiger charge is -2.13. The van der Waals surface area contributed by atoms with Crippen LogP contribution in [-0.2, 0) is 6.54 Å². The van der Waals surface area contributed by atoms with Crippen molar-refractivity contribution in [2.75, 3.05) is 6.54 Å². The maximum Gasteiger partial charge on any atom is 0.0206 e. The Bertz CT molecular complexity index is 336. The van der Waals surface area contributed by atoms with Crippen molar-refractivity contribution in [1.82, 2.24) is 5.32 Å². The molecule has 2 rings (SSSR count). The third-order valence-electron chi connectivity index (χ3n) is 3.43. The number of nitrogens with one attached hydrogen (secondary N) is 1. The van der Waals surface area contributed by atoms with Gasteiger partial charge in [0, 0.05) is 17.6 Å². The Balaban J connectivity index is 0.00000128. The Morgan fingerprint density at radius 3 is 2.69 bits per heavy atom. The Morgan fingerprint density at radius 1 is 1.38 bits per heavy atom. The molecule has 0 bridgehead atoms. The highest BCUT2D eigenvalue weighted by molar-refractivity contribution is 9.10. The van der Waals surface area contributed by atoms with Gasteiger partial charge >= 0.3 is 0 Å². The fourth-order valence-corrected chi connectivity index (χ4v) is 2.40. The van der Waals surface area contributed by atoms with Gasteiger partial charge in [-0.3, -0.25) is 0 Å². The van der Waals surface area contributed by atoms with Gasteiger partial charge in [0.05, 0.1) is 0 Å². The number of benzene rings is 1. The van der Waals surface area contributed by atoms with Gasteiger partial charge in [0.15, 0.2) is 0 Å². The average Bonchev–Trinajstić information content (AvgIpc) is 2.99. The summed E-state index contributed by atoms with van der Waals surface area (Å²) in [6.07, 6.45) is 4.14. The first-order chi connectivity index (χ1) is 7.24. The van der Waals surface area contributed by atoms with Crippen molar-refractivity contribution in [3.8, 4) is 0 Å². The molecule has 1 fully saturated rings.